The fourth-order valence-corrected chi connectivity index (χ4v) is 2.98. The second-order valence-corrected chi connectivity index (χ2v) is 5.48. The molecule has 1 heterocycles. The van der Waals surface area contributed by atoms with Crippen LogP contribution in [0.25, 0.3) is 0 Å². The molecule has 0 N–H and O–H groups in total. The molecule has 0 spiro atoms. The van der Waals surface area contributed by atoms with Gasteiger partial charge >= 0.3 is 0 Å². The van der Waals surface area contributed by atoms with Crippen LogP contribution in [0.4, 0.5) is 0 Å². The van der Waals surface area contributed by atoms with E-state index in [0.717, 1.165) is 11.3 Å². The lowest BCUT2D eigenvalue weighted by atomic mass is 10.0. The van der Waals surface area contributed by atoms with Gasteiger partial charge in [0.2, 0.25) is 0 Å². The molecule has 1 aromatic rings. The van der Waals surface area contributed by atoms with Crippen molar-refractivity contribution in [3.8, 4) is 0 Å². The van der Waals surface area contributed by atoms with Gasteiger partial charge < -0.3 is 0 Å². The summed E-state index contributed by atoms with van der Waals surface area (Å²) in [7, 11) is 0. The lowest BCUT2D eigenvalue weighted by Crippen LogP contribution is -2.03. The molecule has 0 atom stereocenters. The zero-order valence-corrected chi connectivity index (χ0v) is 9.40. The Morgan fingerprint density at radius 2 is 2.14 bits per heavy atom. The molecule has 0 bridgehead atoms. The van der Waals surface area contributed by atoms with Crippen molar-refractivity contribution >= 4 is 17.1 Å². The Hall–Kier alpha value is -0.630. The lowest BCUT2D eigenvalue weighted by Gasteiger charge is -2.05. The van der Waals surface area contributed by atoms with Crippen molar-refractivity contribution < 1.29 is 4.79 Å². The van der Waals surface area contributed by atoms with E-state index in [1.165, 1.54) is 30.6 Å². The van der Waals surface area contributed by atoms with E-state index in [9.17, 15) is 4.79 Å². The van der Waals surface area contributed by atoms with Crippen LogP contribution in [0, 0.1) is 12.8 Å². The number of ketones is 1. The molecule has 1 aliphatic rings. The summed E-state index contributed by atoms with van der Waals surface area (Å²) in [6, 6.07) is 4.00. The minimum absolute atomic E-state index is 0.356. The molecule has 1 fully saturated rings. The van der Waals surface area contributed by atoms with Gasteiger partial charge in [-0.1, -0.05) is 25.7 Å². The Balaban J connectivity index is 1.95. The maximum absolute atomic E-state index is 11.8. The van der Waals surface area contributed by atoms with Crippen molar-refractivity contribution in [2.75, 3.05) is 0 Å². The molecule has 2 heteroatoms. The molecule has 1 nitrogen and oxygen atoms in total. The van der Waals surface area contributed by atoms with Crippen molar-refractivity contribution in [2.24, 2.45) is 5.92 Å². The van der Waals surface area contributed by atoms with E-state index in [1.807, 2.05) is 12.1 Å². The molecule has 0 amide bonds. The zero-order valence-electron chi connectivity index (χ0n) is 8.58. The molecule has 0 radical (unpaired) electrons. The monoisotopic (exact) mass is 208 g/mol. The fraction of sp³-hybridized carbons (Fsp3) is 0.583. The number of rotatable bonds is 3. The Labute approximate surface area is 89.1 Å². The summed E-state index contributed by atoms with van der Waals surface area (Å²) in [5.41, 5.74) is 0. The number of carbonyl (C=O) groups excluding carboxylic acids is 1. The first-order valence-electron chi connectivity index (χ1n) is 5.35. The van der Waals surface area contributed by atoms with Crippen molar-refractivity contribution in [3.05, 3.63) is 21.9 Å². The van der Waals surface area contributed by atoms with Crippen LogP contribution in [-0.2, 0) is 0 Å². The zero-order chi connectivity index (χ0) is 9.97. The van der Waals surface area contributed by atoms with Gasteiger partial charge in [-0.2, -0.15) is 0 Å². The van der Waals surface area contributed by atoms with Crippen molar-refractivity contribution in [2.45, 2.75) is 39.0 Å². The number of hydrogen-bond acceptors (Lipinski definition) is 2. The molecule has 76 valence electrons. The van der Waals surface area contributed by atoms with Crippen molar-refractivity contribution in [3.63, 3.8) is 0 Å². The number of hydrogen-bond donors (Lipinski definition) is 0. The quantitative estimate of drug-likeness (QED) is 0.690. The highest BCUT2D eigenvalue weighted by Gasteiger charge is 2.19. The van der Waals surface area contributed by atoms with Crippen LogP contribution >= 0.6 is 11.3 Å². The number of thiophene rings is 1. The van der Waals surface area contributed by atoms with Crippen LogP contribution in [0.15, 0.2) is 12.1 Å². The van der Waals surface area contributed by atoms with E-state index in [1.54, 1.807) is 11.3 Å². The van der Waals surface area contributed by atoms with E-state index < -0.39 is 0 Å². The Bertz CT molecular complexity index is 321. The normalized spacial score (nSPS) is 17.5. The van der Waals surface area contributed by atoms with Crippen LogP contribution in [0.5, 0.6) is 0 Å². The SMILES string of the molecule is Cc1ccc(C(=O)CC2CCCC2)s1. The third-order valence-corrected chi connectivity index (χ3v) is 4.01. The Morgan fingerprint density at radius 3 is 2.71 bits per heavy atom. The third-order valence-electron chi connectivity index (χ3n) is 2.96. The average molecular weight is 208 g/mol. The first-order valence-corrected chi connectivity index (χ1v) is 6.17. The first kappa shape index (κ1) is 9.91. The molecule has 14 heavy (non-hydrogen) atoms. The Morgan fingerprint density at radius 1 is 1.43 bits per heavy atom. The van der Waals surface area contributed by atoms with Gasteiger partial charge in [-0.15, -0.1) is 11.3 Å². The second-order valence-electron chi connectivity index (χ2n) is 4.19. The molecule has 0 aliphatic heterocycles. The molecule has 1 saturated carbocycles. The first-order chi connectivity index (χ1) is 6.75. The Kier molecular flexibility index (Phi) is 3.02. The predicted octanol–water partition coefficient (Wildman–Crippen LogP) is 3.82. The van der Waals surface area contributed by atoms with E-state index in [-0.39, 0.29) is 0 Å². The highest BCUT2D eigenvalue weighted by Crippen LogP contribution is 2.29. The topological polar surface area (TPSA) is 17.1 Å². The summed E-state index contributed by atoms with van der Waals surface area (Å²) in [6.45, 7) is 2.05. The van der Waals surface area contributed by atoms with E-state index in [2.05, 4.69) is 6.92 Å². The summed E-state index contributed by atoms with van der Waals surface area (Å²) >= 11 is 1.63. The predicted molar refractivity (Wildman–Crippen MR) is 60.0 cm³/mol. The third kappa shape index (κ3) is 2.24. The highest BCUT2D eigenvalue weighted by atomic mass is 32.1. The highest BCUT2D eigenvalue weighted by molar-refractivity contribution is 7.14. The minimum Gasteiger partial charge on any atom is -0.293 e. The summed E-state index contributed by atoms with van der Waals surface area (Å²) in [4.78, 5) is 14.0. The minimum atomic E-state index is 0.356. The summed E-state index contributed by atoms with van der Waals surface area (Å²) < 4.78 is 0. The maximum Gasteiger partial charge on any atom is 0.173 e. The smallest absolute Gasteiger partial charge is 0.173 e. The summed E-state index contributed by atoms with van der Waals surface area (Å²) in [5, 5.41) is 0. The maximum atomic E-state index is 11.8. The van der Waals surface area contributed by atoms with Crippen LogP contribution in [0.1, 0.15) is 46.7 Å². The van der Waals surface area contributed by atoms with E-state index in [0.29, 0.717) is 11.7 Å². The standard InChI is InChI=1S/C12H16OS/c1-9-6-7-12(14-9)11(13)8-10-4-2-3-5-10/h6-7,10H,2-5,8H2,1H3. The fourth-order valence-electron chi connectivity index (χ4n) is 2.16. The molecule has 0 saturated heterocycles. The molecular weight excluding hydrogens is 192 g/mol. The van der Waals surface area contributed by atoms with Crippen molar-refractivity contribution in [1.82, 2.24) is 0 Å². The van der Waals surface area contributed by atoms with Crippen LogP contribution in [-0.4, -0.2) is 5.78 Å². The van der Waals surface area contributed by atoms with Gasteiger partial charge in [-0.05, 0) is 25.0 Å². The van der Waals surface area contributed by atoms with Crippen molar-refractivity contribution in [1.29, 1.82) is 0 Å². The largest absolute Gasteiger partial charge is 0.293 e. The number of Topliss-reactive ketones (excluding diaryl/α,β-unsaturated/α-hetero) is 1. The molecule has 1 aliphatic carbocycles. The molecule has 2 rings (SSSR count). The molecule has 0 unspecified atom stereocenters. The second kappa shape index (κ2) is 4.26. The number of aryl methyl sites for hydroxylation is 1. The van der Waals surface area contributed by atoms with Gasteiger partial charge in [-0.3, -0.25) is 4.79 Å². The van der Waals surface area contributed by atoms with Crippen LogP contribution in [0.2, 0.25) is 0 Å². The van der Waals surface area contributed by atoms with Gasteiger partial charge in [0.1, 0.15) is 0 Å². The van der Waals surface area contributed by atoms with Gasteiger partial charge in [0, 0.05) is 11.3 Å². The van der Waals surface area contributed by atoms with Crippen LogP contribution < -0.4 is 0 Å². The van der Waals surface area contributed by atoms with Gasteiger partial charge in [-0.25, -0.2) is 0 Å². The number of carbonyl (C=O) groups is 1. The lowest BCUT2D eigenvalue weighted by molar-refractivity contribution is 0.0966. The molecular formula is C12H16OS. The average Bonchev–Trinajstić information content (AvgIpc) is 2.75. The van der Waals surface area contributed by atoms with Gasteiger partial charge in [0.05, 0.1) is 4.88 Å². The van der Waals surface area contributed by atoms with Crippen LogP contribution in [0.3, 0.4) is 0 Å². The summed E-state index contributed by atoms with van der Waals surface area (Å²) in [5.74, 6) is 1.03. The van der Waals surface area contributed by atoms with E-state index >= 15 is 0 Å². The van der Waals surface area contributed by atoms with E-state index in [4.69, 9.17) is 0 Å². The molecule has 0 aromatic carbocycles. The molecule has 1 aromatic heterocycles. The summed E-state index contributed by atoms with van der Waals surface area (Å²) in [6.07, 6.45) is 5.94. The van der Waals surface area contributed by atoms with Gasteiger partial charge in [0.15, 0.2) is 5.78 Å². The van der Waals surface area contributed by atoms with Gasteiger partial charge in [0.25, 0.3) is 0 Å².